The molecule has 6 heteroatoms. The molecule has 1 fully saturated rings. The summed E-state index contributed by atoms with van der Waals surface area (Å²) in [6, 6.07) is 16.9. The predicted molar refractivity (Wildman–Crippen MR) is 111 cm³/mol. The zero-order valence-electron chi connectivity index (χ0n) is 15.6. The van der Waals surface area contributed by atoms with Gasteiger partial charge in [0.25, 0.3) is 5.91 Å². The number of carbonyl (C=O) groups excluding carboxylic acids is 2. The summed E-state index contributed by atoms with van der Waals surface area (Å²) >= 11 is 2.00. The zero-order valence-corrected chi connectivity index (χ0v) is 16.4. The summed E-state index contributed by atoms with van der Waals surface area (Å²) in [6.07, 6.45) is 0. The largest absolute Gasteiger partial charge is 0.332 e. The Morgan fingerprint density at radius 1 is 1.07 bits per heavy atom. The van der Waals surface area contributed by atoms with Gasteiger partial charge in [0, 0.05) is 49.4 Å². The lowest BCUT2D eigenvalue weighted by Crippen LogP contribution is -2.35. The second kappa shape index (κ2) is 9.58. The molecule has 2 amide bonds. The van der Waals surface area contributed by atoms with Gasteiger partial charge in [-0.1, -0.05) is 30.3 Å². The third kappa shape index (κ3) is 5.84. The second-order valence-electron chi connectivity index (χ2n) is 6.66. The standard InChI is InChI=1S/C21H25N3O2S/c1-23(21(26)18-7-3-2-4-8-18)16-20(25)22-19-9-5-6-17(14-19)15-24-10-12-27-13-11-24/h2-9,14H,10-13,15-16H2,1H3,(H,22,25). The Balaban J connectivity index is 1.54. The molecule has 1 saturated heterocycles. The van der Waals surface area contributed by atoms with Gasteiger partial charge in [0.15, 0.2) is 0 Å². The monoisotopic (exact) mass is 383 g/mol. The summed E-state index contributed by atoms with van der Waals surface area (Å²) in [6.45, 7) is 3.12. The third-order valence-corrected chi connectivity index (χ3v) is 5.41. The summed E-state index contributed by atoms with van der Waals surface area (Å²) in [5, 5.41) is 2.90. The van der Waals surface area contributed by atoms with E-state index in [1.165, 1.54) is 22.0 Å². The fourth-order valence-electron chi connectivity index (χ4n) is 3.05. The highest BCUT2D eigenvalue weighted by atomic mass is 32.2. The van der Waals surface area contributed by atoms with Crippen LogP contribution in [0.25, 0.3) is 0 Å². The molecular weight excluding hydrogens is 358 g/mol. The molecule has 0 bridgehead atoms. The fourth-order valence-corrected chi connectivity index (χ4v) is 4.03. The number of rotatable bonds is 6. The Labute approximate surface area is 164 Å². The molecule has 0 unspecified atom stereocenters. The number of hydrogen-bond acceptors (Lipinski definition) is 4. The summed E-state index contributed by atoms with van der Waals surface area (Å²) < 4.78 is 0. The van der Waals surface area contributed by atoms with Crippen LogP contribution in [0.4, 0.5) is 5.69 Å². The van der Waals surface area contributed by atoms with Gasteiger partial charge in [-0.3, -0.25) is 14.5 Å². The van der Waals surface area contributed by atoms with Crippen molar-refractivity contribution in [1.82, 2.24) is 9.80 Å². The lowest BCUT2D eigenvalue weighted by Gasteiger charge is -2.26. The van der Waals surface area contributed by atoms with Crippen LogP contribution in [0.1, 0.15) is 15.9 Å². The van der Waals surface area contributed by atoms with E-state index in [0.717, 1.165) is 25.3 Å². The van der Waals surface area contributed by atoms with Crippen molar-refractivity contribution in [2.24, 2.45) is 0 Å². The van der Waals surface area contributed by atoms with E-state index in [1.54, 1.807) is 19.2 Å². The normalized spacial score (nSPS) is 14.6. The number of nitrogens with zero attached hydrogens (tertiary/aromatic N) is 2. The van der Waals surface area contributed by atoms with Gasteiger partial charge >= 0.3 is 0 Å². The lowest BCUT2D eigenvalue weighted by molar-refractivity contribution is -0.116. The molecule has 1 aliphatic rings. The van der Waals surface area contributed by atoms with Crippen LogP contribution in [-0.4, -0.2) is 59.8 Å². The first-order valence-electron chi connectivity index (χ1n) is 9.11. The van der Waals surface area contributed by atoms with Crippen LogP contribution < -0.4 is 5.32 Å². The van der Waals surface area contributed by atoms with Crippen LogP contribution in [0, 0.1) is 0 Å². The molecule has 1 heterocycles. The molecule has 0 aliphatic carbocycles. The Bertz CT molecular complexity index is 776. The maximum atomic E-state index is 12.3. The van der Waals surface area contributed by atoms with E-state index in [-0.39, 0.29) is 18.4 Å². The number of benzene rings is 2. The molecule has 5 nitrogen and oxygen atoms in total. The minimum atomic E-state index is -0.201. The van der Waals surface area contributed by atoms with E-state index in [1.807, 2.05) is 48.2 Å². The highest BCUT2D eigenvalue weighted by Crippen LogP contribution is 2.16. The van der Waals surface area contributed by atoms with Crippen molar-refractivity contribution in [1.29, 1.82) is 0 Å². The Morgan fingerprint density at radius 3 is 2.56 bits per heavy atom. The summed E-state index contributed by atoms with van der Waals surface area (Å²) in [5.41, 5.74) is 2.53. The number of anilines is 1. The van der Waals surface area contributed by atoms with Crippen LogP contribution >= 0.6 is 11.8 Å². The van der Waals surface area contributed by atoms with Crippen molar-refractivity contribution in [3.05, 3.63) is 65.7 Å². The van der Waals surface area contributed by atoms with Gasteiger partial charge in [-0.05, 0) is 29.8 Å². The fraction of sp³-hybridized carbons (Fsp3) is 0.333. The molecular formula is C21H25N3O2S. The van der Waals surface area contributed by atoms with Gasteiger partial charge in [0.2, 0.25) is 5.91 Å². The van der Waals surface area contributed by atoms with Gasteiger partial charge in [-0.25, -0.2) is 0 Å². The minimum absolute atomic E-state index is 0.0152. The first-order valence-corrected chi connectivity index (χ1v) is 10.3. The number of nitrogens with one attached hydrogen (secondary N) is 1. The molecule has 3 rings (SSSR count). The van der Waals surface area contributed by atoms with Gasteiger partial charge in [-0.2, -0.15) is 11.8 Å². The smallest absolute Gasteiger partial charge is 0.254 e. The highest BCUT2D eigenvalue weighted by Gasteiger charge is 2.15. The van der Waals surface area contributed by atoms with Crippen molar-refractivity contribution < 1.29 is 9.59 Å². The van der Waals surface area contributed by atoms with Gasteiger partial charge < -0.3 is 10.2 Å². The topological polar surface area (TPSA) is 52.7 Å². The van der Waals surface area contributed by atoms with Crippen molar-refractivity contribution in [3.8, 4) is 0 Å². The summed E-state index contributed by atoms with van der Waals surface area (Å²) in [7, 11) is 1.64. The third-order valence-electron chi connectivity index (χ3n) is 4.47. The van der Waals surface area contributed by atoms with Crippen molar-refractivity contribution in [3.63, 3.8) is 0 Å². The molecule has 0 aromatic heterocycles. The number of amides is 2. The van der Waals surface area contributed by atoms with E-state index in [9.17, 15) is 9.59 Å². The number of likely N-dealkylation sites (N-methyl/N-ethyl adjacent to an activating group) is 1. The summed E-state index contributed by atoms with van der Waals surface area (Å²) in [5.74, 6) is 1.99. The van der Waals surface area contributed by atoms with E-state index in [4.69, 9.17) is 0 Å². The van der Waals surface area contributed by atoms with Gasteiger partial charge in [0.05, 0.1) is 6.54 Å². The van der Waals surface area contributed by atoms with Crippen LogP contribution in [0.5, 0.6) is 0 Å². The molecule has 1 N–H and O–H groups in total. The molecule has 0 radical (unpaired) electrons. The van der Waals surface area contributed by atoms with E-state index in [2.05, 4.69) is 16.3 Å². The van der Waals surface area contributed by atoms with Gasteiger partial charge in [0.1, 0.15) is 0 Å². The lowest BCUT2D eigenvalue weighted by atomic mass is 10.2. The molecule has 142 valence electrons. The molecule has 0 spiro atoms. The van der Waals surface area contributed by atoms with Crippen molar-refractivity contribution in [2.45, 2.75) is 6.54 Å². The van der Waals surface area contributed by atoms with Crippen molar-refractivity contribution >= 4 is 29.3 Å². The van der Waals surface area contributed by atoms with Crippen LogP contribution in [0.15, 0.2) is 54.6 Å². The molecule has 2 aromatic carbocycles. The van der Waals surface area contributed by atoms with Gasteiger partial charge in [-0.15, -0.1) is 0 Å². The second-order valence-corrected chi connectivity index (χ2v) is 7.89. The highest BCUT2D eigenvalue weighted by molar-refractivity contribution is 7.99. The molecule has 27 heavy (non-hydrogen) atoms. The Kier molecular flexibility index (Phi) is 6.90. The number of carbonyl (C=O) groups is 2. The van der Waals surface area contributed by atoms with Crippen LogP contribution in [0.3, 0.4) is 0 Å². The zero-order chi connectivity index (χ0) is 19.1. The van der Waals surface area contributed by atoms with E-state index in [0.29, 0.717) is 5.56 Å². The Morgan fingerprint density at radius 2 is 1.81 bits per heavy atom. The number of thioether (sulfide) groups is 1. The summed E-state index contributed by atoms with van der Waals surface area (Å²) in [4.78, 5) is 28.6. The van der Waals surface area contributed by atoms with Crippen LogP contribution in [0.2, 0.25) is 0 Å². The average molecular weight is 384 g/mol. The molecule has 0 saturated carbocycles. The van der Waals surface area contributed by atoms with E-state index < -0.39 is 0 Å². The first-order chi connectivity index (χ1) is 13.1. The molecule has 0 atom stereocenters. The molecule has 2 aromatic rings. The maximum absolute atomic E-state index is 12.3. The van der Waals surface area contributed by atoms with Crippen LogP contribution in [-0.2, 0) is 11.3 Å². The van der Waals surface area contributed by atoms with E-state index >= 15 is 0 Å². The minimum Gasteiger partial charge on any atom is -0.332 e. The van der Waals surface area contributed by atoms with Crippen molar-refractivity contribution in [2.75, 3.05) is 43.5 Å². The molecule has 1 aliphatic heterocycles. The quantitative estimate of drug-likeness (QED) is 0.833. The average Bonchev–Trinajstić information content (AvgIpc) is 2.69. The first kappa shape index (κ1) is 19.5. The predicted octanol–water partition coefficient (Wildman–Crippen LogP) is 2.95. The SMILES string of the molecule is CN(CC(=O)Nc1cccc(CN2CCSCC2)c1)C(=O)c1ccccc1. The number of hydrogen-bond donors (Lipinski definition) is 1. The Hall–Kier alpha value is -2.31. The maximum Gasteiger partial charge on any atom is 0.254 e.